The number of benzene rings is 5. The highest BCUT2D eigenvalue weighted by molar-refractivity contribution is 6.21. The van der Waals surface area contributed by atoms with E-state index in [0.717, 1.165) is 0 Å². The second kappa shape index (κ2) is 9.35. The summed E-state index contributed by atoms with van der Waals surface area (Å²) in [6.07, 6.45) is -6.00. The first-order valence-electron chi connectivity index (χ1n) is 10.9. The summed E-state index contributed by atoms with van der Waals surface area (Å²) in [7, 11) is 0. The van der Waals surface area contributed by atoms with E-state index in [1.165, 1.54) is 0 Å². The summed E-state index contributed by atoms with van der Waals surface area (Å²) in [5.41, 5.74) is -8.24. The predicted molar refractivity (Wildman–Crippen MR) is 117 cm³/mol. The lowest BCUT2D eigenvalue weighted by Gasteiger charge is -2.21. The quantitative estimate of drug-likeness (QED) is 0.0824. The molecule has 0 aliphatic rings. The zero-order valence-electron chi connectivity index (χ0n) is 19.3. The van der Waals surface area contributed by atoms with E-state index in [4.69, 9.17) is 0 Å². The minimum absolute atomic E-state index is 0.339. The van der Waals surface area contributed by atoms with E-state index in [9.17, 15) is 43.9 Å². The molecule has 5 aromatic carbocycles. The number of fused-ring (bicyclic) bond motifs is 2. The molecular weight excluding hydrogens is 590 g/mol. The van der Waals surface area contributed by atoms with Gasteiger partial charge in [-0.15, -0.1) is 0 Å². The first kappa shape index (κ1) is 28.2. The molecule has 0 heterocycles. The molecule has 5 aromatic rings. The molecule has 0 N–H and O–H groups in total. The van der Waals surface area contributed by atoms with Crippen LogP contribution in [0.3, 0.4) is 0 Å². The van der Waals surface area contributed by atoms with Crippen LogP contribution in [0.1, 0.15) is 5.56 Å². The normalized spacial score (nSPS) is 12.1. The van der Waals surface area contributed by atoms with Crippen molar-refractivity contribution in [3.8, 4) is 22.3 Å². The van der Waals surface area contributed by atoms with Crippen molar-refractivity contribution in [3.63, 3.8) is 0 Å². The summed E-state index contributed by atoms with van der Waals surface area (Å²) in [4.78, 5) is 0. The zero-order valence-corrected chi connectivity index (χ0v) is 19.3. The first-order valence-corrected chi connectivity index (χ1v) is 10.9. The van der Waals surface area contributed by atoms with Crippen LogP contribution < -0.4 is 0 Å². The summed E-state index contributed by atoms with van der Waals surface area (Å²) < 4.78 is 201. The van der Waals surface area contributed by atoms with Crippen LogP contribution in [0.4, 0.5) is 61.5 Å². The third-order valence-electron chi connectivity index (χ3n) is 6.29. The monoisotopic (exact) mass is 596 g/mol. The molecule has 14 heteroatoms. The van der Waals surface area contributed by atoms with Crippen molar-refractivity contribution in [2.45, 2.75) is 6.18 Å². The molecule has 0 aliphatic heterocycles. The molecule has 0 saturated carbocycles. The molecule has 0 radical (unpaired) electrons. The molecule has 0 aromatic heterocycles. The highest BCUT2D eigenvalue weighted by Crippen LogP contribution is 2.49. The van der Waals surface area contributed by atoms with Crippen molar-refractivity contribution in [1.82, 2.24) is 0 Å². The fourth-order valence-electron chi connectivity index (χ4n) is 4.62. The molecule has 0 unspecified atom stereocenters. The Hall–Kier alpha value is -4.36. The van der Waals surface area contributed by atoms with Gasteiger partial charge in [0.15, 0.2) is 58.2 Å². The van der Waals surface area contributed by atoms with Crippen LogP contribution in [0.2, 0.25) is 0 Å². The molecule has 5 rings (SSSR count). The smallest absolute Gasteiger partial charge is 0.207 e. The van der Waals surface area contributed by atoms with Gasteiger partial charge in [0, 0.05) is 21.9 Å². The van der Waals surface area contributed by atoms with Crippen LogP contribution in [0.25, 0.3) is 43.8 Å². The minimum atomic E-state index is -6.00. The maximum absolute atomic E-state index is 15.4. The van der Waals surface area contributed by atoms with Gasteiger partial charge >= 0.3 is 6.18 Å². The van der Waals surface area contributed by atoms with E-state index in [1.807, 2.05) is 0 Å². The molecule has 41 heavy (non-hydrogen) atoms. The van der Waals surface area contributed by atoms with Crippen LogP contribution in [0.15, 0.2) is 36.4 Å². The van der Waals surface area contributed by atoms with Crippen molar-refractivity contribution < 1.29 is 61.5 Å². The van der Waals surface area contributed by atoms with Gasteiger partial charge in [-0.05, 0) is 40.6 Å². The molecule has 0 nitrogen and oxygen atoms in total. The Kier molecular flexibility index (Phi) is 6.42. The number of hydrogen-bond donors (Lipinski definition) is 0. The van der Waals surface area contributed by atoms with Crippen molar-refractivity contribution in [1.29, 1.82) is 0 Å². The number of rotatable bonds is 2. The highest BCUT2D eigenvalue weighted by atomic mass is 19.4. The minimum Gasteiger partial charge on any atom is -0.207 e. The lowest BCUT2D eigenvalue weighted by atomic mass is 9.84. The van der Waals surface area contributed by atoms with E-state index >= 15 is 17.6 Å². The van der Waals surface area contributed by atoms with Crippen molar-refractivity contribution in [2.75, 3.05) is 0 Å². The molecule has 0 bridgehead atoms. The van der Waals surface area contributed by atoms with E-state index in [0.29, 0.717) is 36.4 Å². The van der Waals surface area contributed by atoms with Gasteiger partial charge in [0.05, 0.1) is 5.56 Å². The van der Waals surface area contributed by atoms with Crippen LogP contribution in [-0.2, 0) is 6.18 Å². The topological polar surface area (TPSA) is 0 Å². The fraction of sp³-hybridized carbons (Fsp3) is 0.0370. The molecule has 0 amide bonds. The predicted octanol–water partition coefficient (Wildman–Crippen LogP) is 9.88. The lowest BCUT2D eigenvalue weighted by molar-refractivity contribution is -0.143. The number of hydrogen-bond acceptors (Lipinski definition) is 0. The SMILES string of the molecule is Fc1ccc2c(-c3c(F)c(F)c(C(F)(F)F)c(F)c3F)c3c(F)c(F)c(F)c(F)c3c(-c3ccc(F)c(F)c3)c2c1. The third-order valence-corrected chi connectivity index (χ3v) is 6.29. The average molecular weight is 596 g/mol. The molecule has 0 fully saturated rings. The van der Waals surface area contributed by atoms with Crippen molar-refractivity contribution in [3.05, 3.63) is 106 Å². The maximum atomic E-state index is 15.4. The second-order valence-corrected chi connectivity index (χ2v) is 8.58. The molecule has 0 saturated heterocycles. The van der Waals surface area contributed by atoms with Gasteiger partial charge in [-0.2, -0.15) is 13.2 Å². The van der Waals surface area contributed by atoms with E-state index in [2.05, 4.69) is 0 Å². The van der Waals surface area contributed by atoms with Gasteiger partial charge in [-0.25, -0.2) is 48.3 Å². The Morgan fingerprint density at radius 2 is 0.951 bits per heavy atom. The Balaban J connectivity index is 2.15. The van der Waals surface area contributed by atoms with Crippen LogP contribution in [0.5, 0.6) is 0 Å². The van der Waals surface area contributed by atoms with Crippen molar-refractivity contribution >= 4 is 21.5 Å². The summed E-state index contributed by atoms with van der Waals surface area (Å²) >= 11 is 0. The molecule has 212 valence electrons. The molecule has 0 atom stereocenters. The lowest BCUT2D eigenvalue weighted by Crippen LogP contribution is -2.16. The van der Waals surface area contributed by atoms with Crippen LogP contribution in [0, 0.1) is 64.0 Å². The first-order chi connectivity index (χ1) is 19.1. The van der Waals surface area contributed by atoms with Gasteiger partial charge in [0.1, 0.15) is 11.4 Å². The standard InChI is InChI=1S/C27H6F14/c28-8-2-3-9-10(6-8)13(7-1-4-11(29)12(30)5-7)15-16(20(32)26(38)25(37)19(15)31)14(9)17-21(33)23(35)18(27(39,40)41)24(36)22(17)34/h1-6H. The highest BCUT2D eigenvalue weighted by Gasteiger charge is 2.43. The molecular formula is C27H6F14. The Morgan fingerprint density at radius 3 is 1.46 bits per heavy atom. The third kappa shape index (κ3) is 4.06. The van der Waals surface area contributed by atoms with Gasteiger partial charge in [-0.1, -0.05) is 12.1 Å². The molecule has 0 spiro atoms. The zero-order chi connectivity index (χ0) is 30.3. The Bertz CT molecular complexity index is 1910. The second-order valence-electron chi connectivity index (χ2n) is 8.58. The van der Waals surface area contributed by atoms with Gasteiger partial charge in [0.25, 0.3) is 0 Å². The van der Waals surface area contributed by atoms with Gasteiger partial charge < -0.3 is 0 Å². The summed E-state index contributed by atoms with van der Waals surface area (Å²) in [5.74, 6) is -25.9. The largest absolute Gasteiger partial charge is 0.422 e. The maximum Gasteiger partial charge on any atom is 0.422 e. The number of alkyl halides is 3. The fourth-order valence-corrected chi connectivity index (χ4v) is 4.62. The van der Waals surface area contributed by atoms with E-state index < -0.39 is 120 Å². The Labute approximate surface area is 218 Å². The number of halogens is 14. The van der Waals surface area contributed by atoms with Crippen LogP contribution >= 0.6 is 0 Å². The average Bonchev–Trinajstić information content (AvgIpc) is 2.90. The van der Waals surface area contributed by atoms with Gasteiger partial charge in [0.2, 0.25) is 0 Å². The Morgan fingerprint density at radius 1 is 0.415 bits per heavy atom. The summed E-state index contributed by atoms with van der Waals surface area (Å²) in [6.45, 7) is 0. The van der Waals surface area contributed by atoms with E-state index in [-0.39, 0.29) is 0 Å². The molecule has 0 aliphatic carbocycles. The van der Waals surface area contributed by atoms with Crippen LogP contribution in [-0.4, -0.2) is 0 Å². The van der Waals surface area contributed by atoms with E-state index in [1.54, 1.807) is 0 Å². The van der Waals surface area contributed by atoms with Crippen molar-refractivity contribution in [2.24, 2.45) is 0 Å². The summed E-state index contributed by atoms with van der Waals surface area (Å²) in [6, 6.07) is 2.98. The summed E-state index contributed by atoms with van der Waals surface area (Å²) in [5, 5.41) is -4.86. The van der Waals surface area contributed by atoms with Gasteiger partial charge in [-0.3, -0.25) is 0 Å².